The van der Waals surface area contributed by atoms with Crippen LogP contribution < -0.4 is 0 Å². The van der Waals surface area contributed by atoms with Gasteiger partial charge in [0.15, 0.2) is 0 Å². The number of aliphatic hydroxyl groups excluding tert-OH is 1. The molecular weight excluding hydrogens is 298 g/mol. The van der Waals surface area contributed by atoms with Gasteiger partial charge < -0.3 is 5.11 Å². The molecule has 0 bridgehead atoms. The summed E-state index contributed by atoms with van der Waals surface area (Å²) >= 11 is 3.14. The molecular formula is C13H14BrNO3. The van der Waals surface area contributed by atoms with E-state index < -0.39 is 11.0 Å². The number of nitro groups is 1. The zero-order chi connectivity index (χ0) is 13.1. The van der Waals surface area contributed by atoms with Crippen LogP contribution in [0.1, 0.15) is 30.9 Å². The molecule has 1 N–H and O–H groups in total. The van der Waals surface area contributed by atoms with E-state index >= 15 is 0 Å². The summed E-state index contributed by atoms with van der Waals surface area (Å²) in [6.45, 7) is 0. The number of allylic oxidation sites excluding steroid dienone is 1. The first-order chi connectivity index (χ1) is 8.59. The highest BCUT2D eigenvalue weighted by Crippen LogP contribution is 2.34. The van der Waals surface area contributed by atoms with Gasteiger partial charge in [0.25, 0.3) is 5.69 Å². The summed E-state index contributed by atoms with van der Waals surface area (Å²) in [5.74, 6) is 0.0551. The van der Waals surface area contributed by atoms with E-state index in [-0.39, 0.29) is 11.6 Å². The fraction of sp³-hybridized carbons (Fsp3) is 0.385. The van der Waals surface area contributed by atoms with Gasteiger partial charge >= 0.3 is 0 Å². The predicted molar refractivity (Wildman–Crippen MR) is 72.2 cm³/mol. The minimum absolute atomic E-state index is 0.00802. The molecule has 1 aliphatic rings. The van der Waals surface area contributed by atoms with Crippen molar-refractivity contribution in [2.75, 3.05) is 0 Å². The van der Waals surface area contributed by atoms with Gasteiger partial charge in [-0.3, -0.25) is 10.1 Å². The van der Waals surface area contributed by atoms with Crippen LogP contribution in [0, 0.1) is 16.0 Å². The molecule has 1 aliphatic carbocycles. The van der Waals surface area contributed by atoms with Crippen LogP contribution >= 0.6 is 15.9 Å². The smallest absolute Gasteiger partial charge is 0.283 e. The Bertz CT molecular complexity index is 487. The first-order valence-electron chi connectivity index (χ1n) is 5.88. The van der Waals surface area contributed by atoms with Gasteiger partial charge in [-0.1, -0.05) is 18.2 Å². The number of hydrogen-bond acceptors (Lipinski definition) is 3. The van der Waals surface area contributed by atoms with E-state index in [0.29, 0.717) is 10.0 Å². The van der Waals surface area contributed by atoms with Crippen LogP contribution in [0.5, 0.6) is 0 Å². The number of nitro benzene ring substituents is 1. The second-order valence-electron chi connectivity index (χ2n) is 4.44. The summed E-state index contributed by atoms with van der Waals surface area (Å²) in [7, 11) is 0. The van der Waals surface area contributed by atoms with Crippen molar-refractivity contribution in [1.82, 2.24) is 0 Å². The van der Waals surface area contributed by atoms with Crippen molar-refractivity contribution in [3.63, 3.8) is 0 Å². The Hall–Kier alpha value is -1.20. The van der Waals surface area contributed by atoms with Crippen LogP contribution in [0.25, 0.3) is 0 Å². The Labute approximate surface area is 114 Å². The molecule has 4 nitrogen and oxygen atoms in total. The van der Waals surface area contributed by atoms with E-state index in [0.717, 1.165) is 19.3 Å². The van der Waals surface area contributed by atoms with Gasteiger partial charge in [0.1, 0.15) is 0 Å². The molecule has 1 aromatic carbocycles. The molecule has 1 aromatic rings. The van der Waals surface area contributed by atoms with E-state index in [1.165, 1.54) is 6.07 Å². The topological polar surface area (TPSA) is 63.4 Å². The van der Waals surface area contributed by atoms with Gasteiger partial charge in [0, 0.05) is 12.0 Å². The number of aliphatic hydroxyl groups is 1. The van der Waals surface area contributed by atoms with Crippen molar-refractivity contribution in [2.24, 2.45) is 5.92 Å². The lowest BCUT2D eigenvalue weighted by molar-refractivity contribution is -0.385. The monoisotopic (exact) mass is 311 g/mol. The second-order valence-corrected chi connectivity index (χ2v) is 5.29. The van der Waals surface area contributed by atoms with Gasteiger partial charge in [-0.05, 0) is 46.8 Å². The minimum Gasteiger partial charge on any atom is -0.388 e. The fourth-order valence-electron chi connectivity index (χ4n) is 2.20. The molecule has 2 rings (SSSR count). The highest BCUT2D eigenvalue weighted by Gasteiger charge is 2.22. The Balaban J connectivity index is 2.27. The molecule has 0 unspecified atom stereocenters. The zero-order valence-electron chi connectivity index (χ0n) is 9.75. The predicted octanol–water partition coefficient (Wildman–Crippen LogP) is 3.75. The SMILES string of the molecule is O=[N+]([O-])c1cc([C@H](O)[C@@H]2C=CCCC2)ccc1Br. The van der Waals surface area contributed by atoms with Crippen molar-refractivity contribution >= 4 is 21.6 Å². The average Bonchev–Trinajstić information content (AvgIpc) is 2.39. The van der Waals surface area contributed by atoms with Gasteiger partial charge in [-0.2, -0.15) is 0 Å². The van der Waals surface area contributed by atoms with E-state index in [9.17, 15) is 15.2 Å². The zero-order valence-corrected chi connectivity index (χ0v) is 11.3. The standard InChI is InChI=1S/C13H14BrNO3/c14-11-7-6-10(8-12(11)15(17)18)13(16)9-4-2-1-3-5-9/h2,4,6-9,13,16H,1,3,5H2/t9-,13-/m1/s1. The number of halogens is 1. The average molecular weight is 312 g/mol. The van der Waals surface area contributed by atoms with Crippen LogP contribution in [-0.4, -0.2) is 10.0 Å². The van der Waals surface area contributed by atoms with Crippen LogP contribution in [0.3, 0.4) is 0 Å². The third-order valence-corrected chi connectivity index (χ3v) is 3.88. The molecule has 18 heavy (non-hydrogen) atoms. The summed E-state index contributed by atoms with van der Waals surface area (Å²) in [6, 6.07) is 4.78. The van der Waals surface area contributed by atoms with E-state index in [2.05, 4.69) is 22.0 Å². The number of hydrogen-bond donors (Lipinski definition) is 1. The molecule has 0 aromatic heterocycles. The minimum atomic E-state index is -0.673. The molecule has 0 fully saturated rings. The number of nitrogens with zero attached hydrogens (tertiary/aromatic N) is 1. The van der Waals surface area contributed by atoms with Gasteiger partial charge in [0.05, 0.1) is 15.5 Å². The maximum absolute atomic E-state index is 10.9. The second kappa shape index (κ2) is 5.63. The maximum Gasteiger partial charge on any atom is 0.283 e. The third kappa shape index (κ3) is 2.79. The lowest BCUT2D eigenvalue weighted by Crippen LogP contribution is -2.12. The first kappa shape index (κ1) is 13.2. The first-order valence-corrected chi connectivity index (χ1v) is 6.67. The van der Waals surface area contributed by atoms with E-state index in [4.69, 9.17) is 0 Å². The fourth-order valence-corrected chi connectivity index (χ4v) is 2.59. The summed E-state index contributed by atoms with van der Waals surface area (Å²) in [4.78, 5) is 10.4. The lowest BCUT2D eigenvalue weighted by atomic mass is 9.87. The Morgan fingerprint density at radius 1 is 1.50 bits per heavy atom. The van der Waals surface area contributed by atoms with Crippen LogP contribution in [-0.2, 0) is 0 Å². The number of benzene rings is 1. The summed E-state index contributed by atoms with van der Waals surface area (Å²) in [6.07, 6.45) is 6.41. The molecule has 5 heteroatoms. The van der Waals surface area contributed by atoms with Crippen LogP contribution in [0.4, 0.5) is 5.69 Å². The summed E-state index contributed by atoms with van der Waals surface area (Å²) in [5, 5.41) is 21.1. The van der Waals surface area contributed by atoms with Crippen LogP contribution in [0.15, 0.2) is 34.8 Å². The van der Waals surface area contributed by atoms with Gasteiger partial charge in [-0.15, -0.1) is 0 Å². The van der Waals surface area contributed by atoms with Crippen molar-refractivity contribution in [1.29, 1.82) is 0 Å². The summed E-state index contributed by atoms with van der Waals surface area (Å²) in [5.41, 5.74) is 0.591. The highest BCUT2D eigenvalue weighted by atomic mass is 79.9. The Morgan fingerprint density at radius 2 is 2.28 bits per heavy atom. The quantitative estimate of drug-likeness (QED) is 0.525. The van der Waals surface area contributed by atoms with Crippen LogP contribution in [0.2, 0.25) is 0 Å². The maximum atomic E-state index is 10.9. The molecule has 0 amide bonds. The molecule has 0 heterocycles. The van der Waals surface area contributed by atoms with Crippen molar-refractivity contribution in [3.05, 3.63) is 50.5 Å². The van der Waals surface area contributed by atoms with Gasteiger partial charge in [0.2, 0.25) is 0 Å². The normalized spacial score (nSPS) is 20.7. The Kier molecular flexibility index (Phi) is 4.14. The van der Waals surface area contributed by atoms with E-state index in [1.807, 2.05) is 6.08 Å². The molecule has 2 atom stereocenters. The van der Waals surface area contributed by atoms with Crippen molar-refractivity contribution < 1.29 is 10.0 Å². The Morgan fingerprint density at radius 3 is 2.89 bits per heavy atom. The van der Waals surface area contributed by atoms with E-state index in [1.54, 1.807) is 12.1 Å². The molecule has 0 radical (unpaired) electrons. The molecule has 0 saturated heterocycles. The van der Waals surface area contributed by atoms with Crippen molar-refractivity contribution in [3.8, 4) is 0 Å². The lowest BCUT2D eigenvalue weighted by Gasteiger charge is -2.22. The number of rotatable bonds is 3. The van der Waals surface area contributed by atoms with Crippen molar-refractivity contribution in [2.45, 2.75) is 25.4 Å². The molecule has 0 saturated carbocycles. The molecule has 96 valence electrons. The largest absolute Gasteiger partial charge is 0.388 e. The summed E-state index contributed by atoms with van der Waals surface area (Å²) < 4.78 is 0.433. The molecule has 0 aliphatic heterocycles. The molecule has 0 spiro atoms. The van der Waals surface area contributed by atoms with Gasteiger partial charge in [-0.25, -0.2) is 0 Å². The third-order valence-electron chi connectivity index (χ3n) is 3.21. The highest BCUT2D eigenvalue weighted by molar-refractivity contribution is 9.10.